The molecule has 4 nitrogen and oxygen atoms in total. The zero-order valence-electron chi connectivity index (χ0n) is 10.8. The van der Waals surface area contributed by atoms with Crippen molar-refractivity contribution >= 4 is 50.0 Å². The Bertz CT molecular complexity index is 752. The number of halogens is 2. The third-order valence-electron chi connectivity index (χ3n) is 2.91. The highest BCUT2D eigenvalue weighted by Gasteiger charge is 2.13. The van der Waals surface area contributed by atoms with Crippen molar-refractivity contribution < 1.29 is 0 Å². The molecule has 3 aromatic rings. The Morgan fingerprint density at radius 2 is 2.20 bits per heavy atom. The van der Waals surface area contributed by atoms with Gasteiger partial charge in [-0.15, -0.1) is 22.9 Å². The molecule has 3 heterocycles. The average Bonchev–Trinajstić information content (AvgIpc) is 2.95. The average molecular weight is 372 g/mol. The molecule has 0 saturated heterocycles. The van der Waals surface area contributed by atoms with E-state index >= 15 is 0 Å². The predicted octanol–water partition coefficient (Wildman–Crippen LogP) is 3.79. The number of aromatic nitrogens is 4. The zero-order valence-corrected chi connectivity index (χ0v) is 14.0. The van der Waals surface area contributed by atoms with Crippen LogP contribution in [-0.2, 0) is 13.0 Å². The van der Waals surface area contributed by atoms with Gasteiger partial charge in [-0.25, -0.2) is 15.0 Å². The van der Waals surface area contributed by atoms with E-state index in [4.69, 9.17) is 11.6 Å². The van der Waals surface area contributed by atoms with E-state index < -0.39 is 0 Å². The van der Waals surface area contributed by atoms with Crippen LogP contribution in [0, 0.1) is 6.92 Å². The summed E-state index contributed by atoms with van der Waals surface area (Å²) in [6, 6.07) is 1.98. The fourth-order valence-electron chi connectivity index (χ4n) is 2.08. The molecule has 0 N–H and O–H groups in total. The Kier molecular flexibility index (Phi) is 4.05. The van der Waals surface area contributed by atoms with E-state index in [1.54, 1.807) is 17.5 Å². The van der Waals surface area contributed by atoms with Crippen LogP contribution in [0.15, 0.2) is 22.9 Å². The molecular formula is C13H12BrClN4S. The van der Waals surface area contributed by atoms with Gasteiger partial charge in [0.05, 0.1) is 6.54 Å². The lowest BCUT2D eigenvalue weighted by Crippen LogP contribution is -2.06. The maximum atomic E-state index is 5.88. The first-order valence-corrected chi connectivity index (χ1v) is 8.29. The summed E-state index contributed by atoms with van der Waals surface area (Å²) in [5.74, 6) is 1.50. The lowest BCUT2D eigenvalue weighted by Gasteiger charge is -2.05. The van der Waals surface area contributed by atoms with Crippen molar-refractivity contribution in [2.24, 2.45) is 0 Å². The molecule has 20 heavy (non-hydrogen) atoms. The van der Waals surface area contributed by atoms with Gasteiger partial charge in [0.2, 0.25) is 0 Å². The van der Waals surface area contributed by atoms with Crippen molar-refractivity contribution in [3.63, 3.8) is 0 Å². The van der Waals surface area contributed by atoms with Gasteiger partial charge in [-0.1, -0.05) is 0 Å². The van der Waals surface area contributed by atoms with E-state index in [-0.39, 0.29) is 0 Å². The number of fused-ring (bicyclic) bond motifs is 1. The van der Waals surface area contributed by atoms with Gasteiger partial charge < -0.3 is 4.57 Å². The van der Waals surface area contributed by atoms with Gasteiger partial charge in [-0.3, -0.25) is 0 Å². The number of pyridine rings is 1. The number of rotatable bonds is 4. The van der Waals surface area contributed by atoms with Crippen molar-refractivity contribution in [3.05, 3.63) is 38.6 Å². The van der Waals surface area contributed by atoms with Crippen molar-refractivity contribution in [1.29, 1.82) is 0 Å². The van der Waals surface area contributed by atoms with Crippen LogP contribution in [0.2, 0.25) is 0 Å². The molecule has 0 spiro atoms. The lowest BCUT2D eigenvalue weighted by molar-refractivity contribution is 0.743. The van der Waals surface area contributed by atoms with Gasteiger partial charge in [0.1, 0.15) is 16.3 Å². The summed E-state index contributed by atoms with van der Waals surface area (Å²) < 4.78 is 3.03. The van der Waals surface area contributed by atoms with E-state index in [0.29, 0.717) is 12.4 Å². The summed E-state index contributed by atoms with van der Waals surface area (Å²) in [6.07, 6.45) is 4.41. The summed E-state index contributed by atoms with van der Waals surface area (Å²) >= 11 is 11.0. The van der Waals surface area contributed by atoms with Crippen LogP contribution in [0.5, 0.6) is 0 Å². The van der Waals surface area contributed by atoms with Gasteiger partial charge >= 0.3 is 0 Å². The Balaban J connectivity index is 2.08. The van der Waals surface area contributed by atoms with Crippen LogP contribution in [0.1, 0.15) is 15.7 Å². The van der Waals surface area contributed by atoms with Gasteiger partial charge in [0, 0.05) is 34.0 Å². The number of aryl methyl sites for hydroxylation is 2. The molecule has 3 rings (SSSR count). The molecule has 0 unspecified atom stereocenters. The van der Waals surface area contributed by atoms with E-state index in [9.17, 15) is 0 Å². The van der Waals surface area contributed by atoms with Gasteiger partial charge in [0.15, 0.2) is 5.65 Å². The van der Waals surface area contributed by atoms with Crippen molar-refractivity contribution in [1.82, 2.24) is 19.5 Å². The molecule has 0 aliphatic carbocycles. The minimum atomic E-state index is 0.543. The monoisotopic (exact) mass is 370 g/mol. The second-order valence-electron chi connectivity index (χ2n) is 4.41. The first-order chi connectivity index (χ1) is 9.67. The molecule has 0 atom stereocenters. The van der Waals surface area contributed by atoms with Gasteiger partial charge in [-0.2, -0.15) is 0 Å². The van der Waals surface area contributed by atoms with Crippen LogP contribution >= 0.6 is 38.9 Å². The summed E-state index contributed by atoms with van der Waals surface area (Å²) in [7, 11) is 0. The molecule has 3 aromatic heterocycles. The summed E-state index contributed by atoms with van der Waals surface area (Å²) in [5, 5.41) is 1.06. The van der Waals surface area contributed by atoms with Crippen LogP contribution in [0.25, 0.3) is 11.2 Å². The topological polar surface area (TPSA) is 43.6 Å². The van der Waals surface area contributed by atoms with Crippen LogP contribution in [0.3, 0.4) is 0 Å². The van der Waals surface area contributed by atoms with E-state index in [1.165, 1.54) is 4.88 Å². The number of nitrogens with zero attached hydrogens (tertiary/aromatic N) is 4. The number of imidazole rings is 1. The van der Waals surface area contributed by atoms with E-state index in [0.717, 1.165) is 32.9 Å². The fourth-order valence-corrected chi connectivity index (χ4v) is 3.35. The maximum Gasteiger partial charge on any atom is 0.160 e. The van der Waals surface area contributed by atoms with Crippen molar-refractivity contribution in [2.45, 2.75) is 19.9 Å². The highest BCUT2D eigenvalue weighted by molar-refractivity contribution is 9.10. The molecule has 7 heteroatoms. The first-order valence-electron chi connectivity index (χ1n) is 6.15. The van der Waals surface area contributed by atoms with Crippen LogP contribution < -0.4 is 0 Å². The van der Waals surface area contributed by atoms with Crippen LogP contribution in [-0.4, -0.2) is 25.4 Å². The minimum Gasteiger partial charge on any atom is -0.306 e. The number of hydrogen-bond donors (Lipinski definition) is 0. The molecular weight excluding hydrogens is 360 g/mol. The smallest absolute Gasteiger partial charge is 0.160 e. The molecule has 0 fully saturated rings. The maximum absolute atomic E-state index is 5.88. The number of hydrogen-bond acceptors (Lipinski definition) is 4. The normalized spacial score (nSPS) is 11.3. The summed E-state index contributed by atoms with van der Waals surface area (Å²) in [6.45, 7) is 2.75. The third kappa shape index (κ3) is 2.73. The standard InChI is InChI=1S/C13H12BrClN4S/c1-8-5-16-12(20-8)7-19-11(2-3-15)18-10-4-9(14)6-17-13(10)19/h4-6H,2-3,7H2,1H3. The predicted molar refractivity (Wildman–Crippen MR) is 85.6 cm³/mol. The second kappa shape index (κ2) is 5.79. The van der Waals surface area contributed by atoms with Crippen LogP contribution in [0.4, 0.5) is 0 Å². The number of alkyl halides is 1. The Hall–Kier alpha value is -0.980. The third-order valence-corrected chi connectivity index (χ3v) is 4.43. The van der Waals surface area contributed by atoms with E-state index in [1.807, 2.05) is 12.3 Å². The van der Waals surface area contributed by atoms with E-state index in [2.05, 4.69) is 42.4 Å². The summed E-state index contributed by atoms with van der Waals surface area (Å²) in [5.41, 5.74) is 1.76. The van der Waals surface area contributed by atoms with Crippen molar-refractivity contribution in [3.8, 4) is 0 Å². The molecule has 0 radical (unpaired) electrons. The molecule has 0 amide bonds. The van der Waals surface area contributed by atoms with Gasteiger partial charge in [0.25, 0.3) is 0 Å². The molecule has 0 aliphatic rings. The lowest BCUT2D eigenvalue weighted by atomic mass is 10.4. The number of thiazole rings is 1. The highest BCUT2D eigenvalue weighted by Crippen LogP contribution is 2.21. The Morgan fingerprint density at radius 3 is 2.90 bits per heavy atom. The highest BCUT2D eigenvalue weighted by atomic mass is 79.9. The SMILES string of the molecule is Cc1cnc(Cn2c(CCCl)nc3cc(Br)cnc32)s1. The quantitative estimate of drug-likeness (QED) is 0.655. The molecule has 0 aromatic carbocycles. The zero-order chi connectivity index (χ0) is 14.1. The minimum absolute atomic E-state index is 0.543. The second-order valence-corrected chi connectivity index (χ2v) is 7.03. The molecule has 0 saturated carbocycles. The van der Waals surface area contributed by atoms with Crippen molar-refractivity contribution in [2.75, 3.05) is 5.88 Å². The van der Waals surface area contributed by atoms with Gasteiger partial charge in [-0.05, 0) is 28.9 Å². The molecule has 104 valence electrons. The largest absolute Gasteiger partial charge is 0.306 e. The summed E-state index contributed by atoms with van der Waals surface area (Å²) in [4.78, 5) is 14.7. The first kappa shape index (κ1) is 14.0. The Morgan fingerprint density at radius 1 is 1.35 bits per heavy atom. The molecule has 0 aliphatic heterocycles. The fraction of sp³-hybridized carbons (Fsp3) is 0.308. The Labute approximate surface area is 134 Å². The molecule has 0 bridgehead atoms.